The van der Waals surface area contributed by atoms with E-state index in [9.17, 15) is 5.11 Å². The Balaban J connectivity index is 2.08. The summed E-state index contributed by atoms with van der Waals surface area (Å²) in [6.45, 7) is 2.47. The number of aliphatic hydroxyl groups excluding tert-OH is 1. The zero-order chi connectivity index (χ0) is 13.7. The van der Waals surface area contributed by atoms with E-state index in [0.717, 1.165) is 11.1 Å². The van der Waals surface area contributed by atoms with E-state index in [1.54, 1.807) is 13.2 Å². The van der Waals surface area contributed by atoms with Gasteiger partial charge in [-0.15, -0.1) is 0 Å². The maximum absolute atomic E-state index is 9.34. The highest BCUT2D eigenvalue weighted by atomic mass is 16.5. The molecule has 0 saturated carbocycles. The van der Waals surface area contributed by atoms with Gasteiger partial charge in [0.25, 0.3) is 0 Å². The number of rotatable bonds is 5. The van der Waals surface area contributed by atoms with E-state index in [4.69, 9.17) is 9.47 Å². The highest BCUT2D eigenvalue weighted by molar-refractivity contribution is 5.40. The number of aryl methyl sites for hydroxylation is 1. The summed E-state index contributed by atoms with van der Waals surface area (Å²) in [4.78, 5) is 0. The Hall–Kier alpha value is -2.00. The second-order valence-corrected chi connectivity index (χ2v) is 4.41. The molecule has 0 heterocycles. The van der Waals surface area contributed by atoms with Gasteiger partial charge < -0.3 is 14.6 Å². The summed E-state index contributed by atoms with van der Waals surface area (Å²) < 4.78 is 10.9. The van der Waals surface area contributed by atoms with E-state index in [0.29, 0.717) is 18.1 Å². The molecule has 0 aliphatic heterocycles. The van der Waals surface area contributed by atoms with Crippen LogP contribution in [0, 0.1) is 6.92 Å². The Bertz CT molecular complexity index is 532. The number of methoxy groups -OCH3 is 1. The number of hydrogen-bond donors (Lipinski definition) is 1. The van der Waals surface area contributed by atoms with E-state index < -0.39 is 0 Å². The lowest BCUT2D eigenvalue weighted by Gasteiger charge is -2.11. The predicted molar refractivity (Wildman–Crippen MR) is 74.4 cm³/mol. The minimum Gasteiger partial charge on any atom is -0.497 e. The molecule has 100 valence electrons. The molecule has 0 aliphatic carbocycles. The van der Waals surface area contributed by atoms with Crippen molar-refractivity contribution in [1.82, 2.24) is 0 Å². The molecule has 2 aromatic carbocycles. The number of aliphatic hydroxyl groups is 1. The zero-order valence-corrected chi connectivity index (χ0v) is 11.2. The first-order valence-electron chi connectivity index (χ1n) is 6.19. The van der Waals surface area contributed by atoms with Crippen LogP contribution in [-0.2, 0) is 13.2 Å². The van der Waals surface area contributed by atoms with E-state index in [1.807, 2.05) is 24.3 Å². The summed E-state index contributed by atoms with van der Waals surface area (Å²) in [7, 11) is 1.60. The molecule has 0 unspecified atom stereocenters. The van der Waals surface area contributed by atoms with Crippen LogP contribution in [0.5, 0.6) is 11.5 Å². The molecule has 0 aromatic heterocycles. The summed E-state index contributed by atoms with van der Waals surface area (Å²) in [6, 6.07) is 13.6. The summed E-state index contributed by atoms with van der Waals surface area (Å²) in [5, 5.41) is 9.34. The molecule has 0 saturated heterocycles. The molecule has 3 nitrogen and oxygen atoms in total. The molecule has 1 N–H and O–H groups in total. The van der Waals surface area contributed by atoms with Crippen LogP contribution in [0.2, 0.25) is 0 Å². The second-order valence-electron chi connectivity index (χ2n) is 4.41. The van der Waals surface area contributed by atoms with Gasteiger partial charge in [0.15, 0.2) is 0 Å². The molecule has 2 rings (SSSR count). The van der Waals surface area contributed by atoms with E-state index >= 15 is 0 Å². The average molecular weight is 258 g/mol. The maximum Gasteiger partial charge on any atom is 0.125 e. The van der Waals surface area contributed by atoms with Crippen LogP contribution >= 0.6 is 0 Å². The maximum atomic E-state index is 9.34. The molecule has 0 radical (unpaired) electrons. The van der Waals surface area contributed by atoms with Gasteiger partial charge in [0, 0.05) is 5.56 Å². The Morgan fingerprint density at radius 2 is 1.79 bits per heavy atom. The quantitative estimate of drug-likeness (QED) is 0.895. The fourth-order valence-corrected chi connectivity index (χ4v) is 1.79. The van der Waals surface area contributed by atoms with Gasteiger partial charge in [-0.3, -0.25) is 0 Å². The van der Waals surface area contributed by atoms with Crippen LogP contribution in [-0.4, -0.2) is 12.2 Å². The van der Waals surface area contributed by atoms with Crippen LogP contribution in [0.4, 0.5) is 0 Å². The van der Waals surface area contributed by atoms with Crippen molar-refractivity contribution < 1.29 is 14.6 Å². The third-order valence-corrected chi connectivity index (χ3v) is 2.95. The van der Waals surface area contributed by atoms with Crippen molar-refractivity contribution >= 4 is 0 Å². The summed E-state index contributed by atoms with van der Waals surface area (Å²) in [5.74, 6) is 1.40. The first-order valence-corrected chi connectivity index (χ1v) is 6.19. The lowest BCUT2D eigenvalue weighted by atomic mass is 10.1. The molecule has 0 spiro atoms. The van der Waals surface area contributed by atoms with Crippen molar-refractivity contribution in [3.8, 4) is 11.5 Å². The smallest absolute Gasteiger partial charge is 0.125 e. The number of hydrogen-bond acceptors (Lipinski definition) is 3. The largest absolute Gasteiger partial charge is 0.497 e. The summed E-state index contributed by atoms with van der Waals surface area (Å²) >= 11 is 0. The van der Waals surface area contributed by atoms with Gasteiger partial charge in [-0.1, -0.05) is 29.8 Å². The van der Waals surface area contributed by atoms with E-state index in [1.165, 1.54) is 5.56 Å². The van der Waals surface area contributed by atoms with Gasteiger partial charge in [-0.25, -0.2) is 0 Å². The molecular formula is C16H18O3. The lowest BCUT2D eigenvalue weighted by Crippen LogP contribution is -1.99. The van der Waals surface area contributed by atoms with Gasteiger partial charge in [0.05, 0.1) is 13.7 Å². The van der Waals surface area contributed by atoms with Gasteiger partial charge in [0.1, 0.15) is 18.1 Å². The molecule has 0 aliphatic rings. The number of benzene rings is 2. The highest BCUT2D eigenvalue weighted by Gasteiger charge is 2.05. The number of ether oxygens (including phenoxy) is 2. The Morgan fingerprint density at radius 3 is 2.42 bits per heavy atom. The molecule has 19 heavy (non-hydrogen) atoms. The van der Waals surface area contributed by atoms with Crippen molar-refractivity contribution in [3.05, 3.63) is 59.2 Å². The standard InChI is InChI=1S/C16H18O3/c1-12-3-5-13(6-4-12)11-19-16-8-7-15(18-2)9-14(16)10-17/h3-9,17H,10-11H2,1-2H3. The normalized spacial score (nSPS) is 10.3. The fourth-order valence-electron chi connectivity index (χ4n) is 1.79. The lowest BCUT2D eigenvalue weighted by molar-refractivity contribution is 0.258. The van der Waals surface area contributed by atoms with Crippen LogP contribution in [0.1, 0.15) is 16.7 Å². The van der Waals surface area contributed by atoms with E-state index in [-0.39, 0.29) is 6.61 Å². The van der Waals surface area contributed by atoms with Gasteiger partial charge in [-0.2, -0.15) is 0 Å². The summed E-state index contributed by atoms with van der Waals surface area (Å²) in [6.07, 6.45) is 0. The van der Waals surface area contributed by atoms with Crippen molar-refractivity contribution in [2.24, 2.45) is 0 Å². The predicted octanol–water partition coefficient (Wildman–Crippen LogP) is 3.07. The van der Waals surface area contributed by atoms with Crippen molar-refractivity contribution in [3.63, 3.8) is 0 Å². The zero-order valence-electron chi connectivity index (χ0n) is 11.2. The molecule has 0 fully saturated rings. The summed E-state index contributed by atoms with van der Waals surface area (Å²) in [5.41, 5.74) is 3.06. The molecule has 0 atom stereocenters. The van der Waals surface area contributed by atoms with Crippen molar-refractivity contribution in [2.75, 3.05) is 7.11 Å². The van der Waals surface area contributed by atoms with Crippen LogP contribution in [0.15, 0.2) is 42.5 Å². The molecule has 3 heteroatoms. The second kappa shape index (κ2) is 6.25. The average Bonchev–Trinajstić information content (AvgIpc) is 2.46. The molecule has 0 amide bonds. The first kappa shape index (κ1) is 13.4. The van der Waals surface area contributed by atoms with Crippen LogP contribution in [0.25, 0.3) is 0 Å². The van der Waals surface area contributed by atoms with Crippen molar-refractivity contribution in [2.45, 2.75) is 20.1 Å². The first-order chi connectivity index (χ1) is 9.22. The molecule has 2 aromatic rings. The minimum atomic E-state index is -0.0690. The van der Waals surface area contributed by atoms with Gasteiger partial charge >= 0.3 is 0 Å². The minimum absolute atomic E-state index is 0.0690. The fraction of sp³-hybridized carbons (Fsp3) is 0.250. The molecular weight excluding hydrogens is 240 g/mol. The molecule has 0 bridgehead atoms. The van der Waals surface area contributed by atoms with Crippen LogP contribution < -0.4 is 9.47 Å². The van der Waals surface area contributed by atoms with E-state index in [2.05, 4.69) is 19.1 Å². The topological polar surface area (TPSA) is 38.7 Å². The third kappa shape index (κ3) is 3.48. The van der Waals surface area contributed by atoms with Gasteiger partial charge in [0.2, 0.25) is 0 Å². The monoisotopic (exact) mass is 258 g/mol. The SMILES string of the molecule is COc1ccc(OCc2ccc(C)cc2)c(CO)c1. The Morgan fingerprint density at radius 1 is 1.05 bits per heavy atom. The van der Waals surface area contributed by atoms with Crippen LogP contribution in [0.3, 0.4) is 0 Å². The van der Waals surface area contributed by atoms with Gasteiger partial charge in [-0.05, 0) is 30.7 Å². The van der Waals surface area contributed by atoms with Crippen molar-refractivity contribution in [1.29, 1.82) is 0 Å². The Labute approximate surface area is 113 Å². The Kier molecular flexibility index (Phi) is 4.42. The highest BCUT2D eigenvalue weighted by Crippen LogP contribution is 2.25. The third-order valence-electron chi connectivity index (χ3n) is 2.95.